The van der Waals surface area contributed by atoms with E-state index in [-0.39, 0.29) is 5.56 Å². The molecule has 1 aromatic heterocycles. The number of ether oxygens (including phenoxy) is 1. The van der Waals surface area contributed by atoms with Gasteiger partial charge in [0, 0.05) is 0 Å². The Bertz CT molecular complexity index is 470. The van der Waals surface area contributed by atoms with Crippen molar-refractivity contribution in [1.82, 2.24) is 10.2 Å². The van der Waals surface area contributed by atoms with Crippen LogP contribution in [-0.2, 0) is 0 Å². The predicted molar refractivity (Wildman–Crippen MR) is 53.4 cm³/mol. The fourth-order valence-corrected chi connectivity index (χ4v) is 1.42. The van der Waals surface area contributed by atoms with Crippen molar-refractivity contribution in [1.29, 1.82) is 0 Å². The van der Waals surface area contributed by atoms with Crippen LogP contribution in [0.4, 0.5) is 0 Å². The molecule has 0 aliphatic rings. The minimum atomic E-state index is -0.988. The van der Waals surface area contributed by atoms with Crippen LogP contribution in [0.2, 0.25) is 0 Å². The Kier molecular flexibility index (Phi) is 2.59. The highest BCUT2D eigenvalue weighted by Crippen LogP contribution is 2.22. The quantitative estimate of drug-likeness (QED) is 0.860. The van der Waals surface area contributed by atoms with Crippen molar-refractivity contribution in [2.24, 2.45) is 0 Å². The minimum absolute atomic E-state index is 0.178. The molecule has 1 aromatic carbocycles. The van der Waals surface area contributed by atoms with Crippen LogP contribution in [0, 0.1) is 0 Å². The van der Waals surface area contributed by atoms with Gasteiger partial charge in [-0.1, -0.05) is 22.5 Å². The molecule has 6 heteroatoms. The number of rotatable bonds is 3. The Morgan fingerprint density at radius 3 is 3.00 bits per heavy atom. The molecule has 0 fully saturated rings. The average Bonchev–Trinajstić information content (AvgIpc) is 2.71. The minimum Gasteiger partial charge on any atom is -0.478 e. The fraction of sp³-hybridized carbons (Fsp3) is 0. The number of hydrogen-bond acceptors (Lipinski definition) is 5. The molecule has 0 aliphatic carbocycles. The third-order valence-corrected chi connectivity index (χ3v) is 2.19. The number of carboxylic acid groups (broad SMARTS) is 1. The topological polar surface area (TPSA) is 72.3 Å². The van der Waals surface area contributed by atoms with Crippen LogP contribution in [0.5, 0.6) is 10.9 Å². The zero-order valence-electron chi connectivity index (χ0n) is 7.45. The molecule has 0 aliphatic heterocycles. The molecule has 0 unspecified atom stereocenters. The third-order valence-electron chi connectivity index (χ3n) is 1.63. The van der Waals surface area contributed by atoms with E-state index >= 15 is 0 Å². The lowest BCUT2D eigenvalue weighted by Gasteiger charge is -2.01. The third kappa shape index (κ3) is 2.29. The maximum Gasteiger partial charge on any atom is 0.335 e. The number of nitrogens with zero attached hydrogens (tertiary/aromatic N) is 2. The molecule has 2 aromatic rings. The zero-order chi connectivity index (χ0) is 10.7. The molecule has 1 N–H and O–H groups in total. The molecule has 15 heavy (non-hydrogen) atoms. The summed E-state index contributed by atoms with van der Waals surface area (Å²) in [6.45, 7) is 0. The first-order valence-electron chi connectivity index (χ1n) is 4.03. The lowest BCUT2D eigenvalue weighted by molar-refractivity contribution is 0.0696. The van der Waals surface area contributed by atoms with Gasteiger partial charge in [0.2, 0.25) is 0 Å². The van der Waals surface area contributed by atoms with E-state index in [1.165, 1.54) is 29.0 Å². The molecule has 2 rings (SSSR count). The summed E-state index contributed by atoms with van der Waals surface area (Å²) in [6.07, 6.45) is 0. The molecular formula is C9H6N2O3S. The molecule has 1 heterocycles. The summed E-state index contributed by atoms with van der Waals surface area (Å²) in [7, 11) is 0. The fourth-order valence-electron chi connectivity index (χ4n) is 1.00. The van der Waals surface area contributed by atoms with Crippen molar-refractivity contribution in [2.75, 3.05) is 0 Å². The first-order valence-corrected chi connectivity index (χ1v) is 4.91. The maximum atomic E-state index is 10.7. The number of carboxylic acids is 1. The summed E-state index contributed by atoms with van der Waals surface area (Å²) >= 11 is 1.24. The second kappa shape index (κ2) is 4.05. The molecule has 0 bridgehead atoms. The van der Waals surface area contributed by atoms with Gasteiger partial charge in [0.15, 0.2) is 0 Å². The summed E-state index contributed by atoms with van der Waals surface area (Å²) in [4.78, 5) is 10.7. The summed E-state index contributed by atoms with van der Waals surface area (Å²) in [6, 6.07) is 6.20. The van der Waals surface area contributed by atoms with E-state index in [1.54, 1.807) is 12.1 Å². The molecule has 5 nitrogen and oxygen atoms in total. The van der Waals surface area contributed by atoms with Crippen LogP contribution < -0.4 is 4.74 Å². The molecule has 76 valence electrons. The highest BCUT2D eigenvalue weighted by atomic mass is 32.1. The van der Waals surface area contributed by atoms with E-state index in [2.05, 4.69) is 10.2 Å². The Balaban J connectivity index is 2.22. The van der Waals surface area contributed by atoms with Gasteiger partial charge in [0.1, 0.15) is 11.3 Å². The molecular weight excluding hydrogens is 216 g/mol. The molecule has 0 amide bonds. The van der Waals surface area contributed by atoms with E-state index in [0.717, 1.165) is 0 Å². The van der Waals surface area contributed by atoms with Gasteiger partial charge in [-0.3, -0.25) is 0 Å². The highest BCUT2D eigenvalue weighted by molar-refractivity contribution is 7.11. The van der Waals surface area contributed by atoms with Crippen LogP contribution in [0.1, 0.15) is 10.4 Å². The summed E-state index contributed by atoms with van der Waals surface area (Å²) in [5, 5.41) is 16.4. The van der Waals surface area contributed by atoms with E-state index in [4.69, 9.17) is 9.84 Å². The SMILES string of the molecule is O=C(O)c1cccc(Oc2nncs2)c1. The smallest absolute Gasteiger partial charge is 0.335 e. The van der Waals surface area contributed by atoms with E-state index in [0.29, 0.717) is 10.9 Å². The van der Waals surface area contributed by atoms with Crippen LogP contribution in [0.25, 0.3) is 0 Å². The second-order valence-electron chi connectivity index (χ2n) is 2.64. The van der Waals surface area contributed by atoms with Crippen LogP contribution >= 0.6 is 11.3 Å². The van der Waals surface area contributed by atoms with Gasteiger partial charge < -0.3 is 9.84 Å². The highest BCUT2D eigenvalue weighted by Gasteiger charge is 2.05. The second-order valence-corrected chi connectivity index (χ2v) is 3.44. The van der Waals surface area contributed by atoms with Crippen molar-refractivity contribution in [2.45, 2.75) is 0 Å². The monoisotopic (exact) mass is 222 g/mol. The summed E-state index contributed by atoms with van der Waals surface area (Å²) < 4.78 is 5.29. The van der Waals surface area contributed by atoms with Crippen molar-refractivity contribution in [3.8, 4) is 10.9 Å². The van der Waals surface area contributed by atoms with Crippen molar-refractivity contribution < 1.29 is 14.6 Å². The van der Waals surface area contributed by atoms with Crippen molar-refractivity contribution in [3.63, 3.8) is 0 Å². The van der Waals surface area contributed by atoms with E-state index < -0.39 is 5.97 Å². The van der Waals surface area contributed by atoms with Crippen LogP contribution in [0.15, 0.2) is 29.8 Å². The number of aromatic carboxylic acids is 1. The first kappa shape index (κ1) is 9.60. The van der Waals surface area contributed by atoms with Gasteiger partial charge in [0.25, 0.3) is 5.19 Å². The lowest BCUT2D eigenvalue weighted by Crippen LogP contribution is -1.95. The predicted octanol–water partition coefficient (Wildman–Crippen LogP) is 2.03. The molecule has 0 saturated carbocycles. The molecule has 0 atom stereocenters. The van der Waals surface area contributed by atoms with Gasteiger partial charge in [-0.2, -0.15) is 0 Å². The number of aromatic nitrogens is 2. The lowest BCUT2D eigenvalue weighted by atomic mass is 10.2. The van der Waals surface area contributed by atoms with E-state index in [9.17, 15) is 4.79 Å². The summed E-state index contributed by atoms with van der Waals surface area (Å²) in [5.74, 6) is -0.552. The summed E-state index contributed by atoms with van der Waals surface area (Å²) in [5.41, 5.74) is 1.72. The molecule has 0 spiro atoms. The zero-order valence-corrected chi connectivity index (χ0v) is 8.27. The van der Waals surface area contributed by atoms with Crippen LogP contribution in [-0.4, -0.2) is 21.3 Å². The standard InChI is InChI=1S/C9H6N2O3S/c12-8(13)6-2-1-3-7(4-6)14-9-11-10-5-15-9/h1-5H,(H,12,13). The van der Waals surface area contributed by atoms with Gasteiger partial charge in [-0.15, -0.1) is 5.10 Å². The first-order chi connectivity index (χ1) is 7.25. The largest absolute Gasteiger partial charge is 0.478 e. The van der Waals surface area contributed by atoms with E-state index in [1.807, 2.05) is 0 Å². The van der Waals surface area contributed by atoms with Crippen molar-refractivity contribution in [3.05, 3.63) is 35.3 Å². The van der Waals surface area contributed by atoms with Gasteiger partial charge in [-0.25, -0.2) is 4.79 Å². The van der Waals surface area contributed by atoms with Gasteiger partial charge in [0.05, 0.1) is 5.56 Å². The molecule has 0 radical (unpaired) electrons. The normalized spacial score (nSPS) is 9.87. The Morgan fingerprint density at radius 2 is 2.33 bits per heavy atom. The Hall–Kier alpha value is -1.95. The van der Waals surface area contributed by atoms with Crippen molar-refractivity contribution >= 4 is 17.3 Å². The average molecular weight is 222 g/mol. The Labute approximate surface area is 89.0 Å². The van der Waals surface area contributed by atoms with Gasteiger partial charge >= 0.3 is 5.97 Å². The van der Waals surface area contributed by atoms with Crippen LogP contribution in [0.3, 0.4) is 0 Å². The van der Waals surface area contributed by atoms with Gasteiger partial charge in [-0.05, 0) is 18.2 Å². The number of benzene rings is 1. The molecule has 0 saturated heterocycles. The number of carbonyl (C=O) groups is 1. The number of hydrogen-bond donors (Lipinski definition) is 1. The Morgan fingerprint density at radius 1 is 1.47 bits per heavy atom. The maximum absolute atomic E-state index is 10.7.